The number of nitrogens with zero attached hydrogens (tertiary/aromatic N) is 1. The maximum Gasteiger partial charge on any atom is 0.257 e. The second-order valence-electron chi connectivity index (χ2n) is 6.70. The van der Waals surface area contributed by atoms with Gasteiger partial charge in [0.25, 0.3) is 5.91 Å². The lowest BCUT2D eigenvalue weighted by Crippen LogP contribution is -2.36. The van der Waals surface area contributed by atoms with Gasteiger partial charge in [0.2, 0.25) is 10.0 Å². The molecule has 1 atom stereocenters. The molecule has 2 saturated heterocycles. The summed E-state index contributed by atoms with van der Waals surface area (Å²) >= 11 is 0. The largest absolute Gasteiger partial charge is 0.496 e. The lowest BCUT2D eigenvalue weighted by atomic mass is 10.1. The van der Waals surface area contributed by atoms with E-state index in [0.29, 0.717) is 25.4 Å². The lowest BCUT2D eigenvalue weighted by Gasteiger charge is -2.27. The topological polar surface area (TPSA) is 84.9 Å². The molecule has 144 valence electrons. The first-order valence-electron chi connectivity index (χ1n) is 9.10. The van der Waals surface area contributed by atoms with Crippen LogP contribution in [0.4, 0.5) is 0 Å². The van der Waals surface area contributed by atoms with E-state index in [9.17, 15) is 13.2 Å². The molecule has 1 N–H and O–H groups in total. The van der Waals surface area contributed by atoms with Crippen LogP contribution in [0.2, 0.25) is 0 Å². The number of hydrogen-bond donors (Lipinski definition) is 1. The Kier molecular flexibility index (Phi) is 6.16. The third-order valence-corrected chi connectivity index (χ3v) is 6.30. The number of amides is 1. The molecule has 0 saturated carbocycles. The number of sulfonamides is 1. The molecule has 0 unspecified atom stereocenters. The number of rotatable bonds is 6. The van der Waals surface area contributed by atoms with Gasteiger partial charge in [0, 0.05) is 26.2 Å². The normalized spacial score (nSPS) is 21.0. The Labute approximate surface area is 154 Å². The van der Waals surface area contributed by atoms with Gasteiger partial charge in [0.15, 0.2) is 0 Å². The van der Waals surface area contributed by atoms with E-state index in [0.717, 1.165) is 32.1 Å². The van der Waals surface area contributed by atoms with Gasteiger partial charge in [-0.1, -0.05) is 0 Å². The number of nitrogens with one attached hydrogen (secondary N) is 1. The van der Waals surface area contributed by atoms with Crippen LogP contribution in [0, 0.1) is 0 Å². The lowest BCUT2D eigenvalue weighted by molar-refractivity contribution is 0.0720. The van der Waals surface area contributed by atoms with E-state index >= 15 is 0 Å². The minimum Gasteiger partial charge on any atom is -0.496 e. The second-order valence-corrected chi connectivity index (χ2v) is 8.47. The SMILES string of the molecule is COc1ccc(S(=O)(=O)NC[C@@H]2CCCO2)cc1C(=O)N1CCCCC1. The van der Waals surface area contributed by atoms with Crippen LogP contribution in [0.1, 0.15) is 42.5 Å². The van der Waals surface area contributed by atoms with E-state index in [4.69, 9.17) is 9.47 Å². The number of carbonyl (C=O) groups is 1. The Bertz CT molecular complexity index is 738. The van der Waals surface area contributed by atoms with Crippen LogP contribution >= 0.6 is 0 Å². The fourth-order valence-corrected chi connectivity index (χ4v) is 4.47. The molecule has 1 aromatic carbocycles. The van der Waals surface area contributed by atoms with Gasteiger partial charge in [-0.25, -0.2) is 13.1 Å². The molecule has 0 radical (unpaired) electrons. The third kappa shape index (κ3) is 4.36. The van der Waals surface area contributed by atoms with Crippen molar-refractivity contribution in [3.8, 4) is 5.75 Å². The van der Waals surface area contributed by atoms with Crippen molar-refractivity contribution in [2.45, 2.75) is 43.1 Å². The van der Waals surface area contributed by atoms with E-state index in [1.807, 2.05) is 0 Å². The zero-order valence-electron chi connectivity index (χ0n) is 15.1. The third-order valence-electron chi connectivity index (χ3n) is 4.88. The van der Waals surface area contributed by atoms with Gasteiger partial charge in [-0.15, -0.1) is 0 Å². The molecule has 0 bridgehead atoms. The van der Waals surface area contributed by atoms with Crippen LogP contribution < -0.4 is 9.46 Å². The molecule has 2 aliphatic rings. The molecule has 1 amide bonds. The van der Waals surface area contributed by atoms with E-state index in [-0.39, 0.29) is 29.0 Å². The van der Waals surface area contributed by atoms with Gasteiger partial charge in [-0.05, 0) is 50.3 Å². The molecular weight excluding hydrogens is 356 g/mol. The Balaban J connectivity index is 1.80. The zero-order valence-corrected chi connectivity index (χ0v) is 15.9. The number of likely N-dealkylation sites (tertiary alicyclic amines) is 1. The average Bonchev–Trinajstić information content (AvgIpc) is 3.20. The van der Waals surface area contributed by atoms with E-state index in [2.05, 4.69) is 4.72 Å². The molecular formula is C18H26N2O5S. The fourth-order valence-electron chi connectivity index (χ4n) is 3.38. The predicted octanol–water partition coefficient (Wildman–Crippen LogP) is 1.78. The number of hydrogen-bond acceptors (Lipinski definition) is 5. The first kappa shape index (κ1) is 19.1. The van der Waals surface area contributed by atoms with Gasteiger partial charge >= 0.3 is 0 Å². The highest BCUT2D eigenvalue weighted by Gasteiger charge is 2.25. The number of ether oxygens (including phenoxy) is 2. The predicted molar refractivity (Wildman–Crippen MR) is 96.9 cm³/mol. The Morgan fingerprint density at radius 2 is 2.04 bits per heavy atom. The number of benzene rings is 1. The summed E-state index contributed by atoms with van der Waals surface area (Å²) in [7, 11) is -2.24. The molecule has 0 spiro atoms. The van der Waals surface area contributed by atoms with Gasteiger partial charge in [-0.3, -0.25) is 4.79 Å². The van der Waals surface area contributed by atoms with Crippen LogP contribution in [0.25, 0.3) is 0 Å². The number of methoxy groups -OCH3 is 1. The molecule has 1 aromatic rings. The van der Waals surface area contributed by atoms with Crippen LogP contribution in [0.5, 0.6) is 5.75 Å². The quantitative estimate of drug-likeness (QED) is 0.811. The maximum absolute atomic E-state index is 12.8. The van der Waals surface area contributed by atoms with Crippen molar-refractivity contribution in [2.24, 2.45) is 0 Å². The van der Waals surface area contributed by atoms with E-state index < -0.39 is 10.0 Å². The first-order chi connectivity index (χ1) is 12.5. The molecule has 2 heterocycles. The summed E-state index contributed by atoms with van der Waals surface area (Å²) in [5.41, 5.74) is 0.286. The summed E-state index contributed by atoms with van der Waals surface area (Å²) in [6.07, 6.45) is 4.76. The van der Waals surface area contributed by atoms with Crippen molar-refractivity contribution in [1.82, 2.24) is 9.62 Å². The van der Waals surface area contributed by atoms with Crippen LogP contribution in [-0.2, 0) is 14.8 Å². The van der Waals surface area contributed by atoms with Crippen LogP contribution in [0.3, 0.4) is 0 Å². The molecule has 0 aliphatic carbocycles. The van der Waals surface area contributed by atoms with Gasteiger partial charge in [0.1, 0.15) is 5.75 Å². The smallest absolute Gasteiger partial charge is 0.257 e. The molecule has 2 fully saturated rings. The molecule has 8 heteroatoms. The molecule has 2 aliphatic heterocycles. The van der Waals surface area contributed by atoms with Gasteiger partial charge in [0.05, 0.1) is 23.7 Å². The Morgan fingerprint density at radius 3 is 2.69 bits per heavy atom. The van der Waals surface area contributed by atoms with Crippen molar-refractivity contribution in [3.63, 3.8) is 0 Å². The monoisotopic (exact) mass is 382 g/mol. The summed E-state index contributed by atoms with van der Waals surface area (Å²) in [6, 6.07) is 4.41. The van der Waals surface area contributed by atoms with E-state index in [1.165, 1.54) is 25.3 Å². The minimum atomic E-state index is -3.72. The molecule has 0 aromatic heterocycles. The highest BCUT2D eigenvalue weighted by molar-refractivity contribution is 7.89. The number of carbonyl (C=O) groups excluding carboxylic acids is 1. The van der Waals surface area contributed by atoms with Crippen molar-refractivity contribution < 1.29 is 22.7 Å². The van der Waals surface area contributed by atoms with Crippen molar-refractivity contribution in [3.05, 3.63) is 23.8 Å². The van der Waals surface area contributed by atoms with Gasteiger partial charge in [-0.2, -0.15) is 0 Å². The Hall–Kier alpha value is -1.64. The standard InChI is InChI=1S/C18H26N2O5S/c1-24-17-8-7-15(26(22,23)19-13-14-6-5-11-25-14)12-16(17)18(21)20-9-3-2-4-10-20/h7-8,12,14,19H,2-6,9-11,13H2,1H3/t14-/m0/s1. The first-order valence-corrected chi connectivity index (χ1v) is 10.6. The van der Waals surface area contributed by atoms with E-state index in [1.54, 1.807) is 4.90 Å². The summed E-state index contributed by atoms with van der Waals surface area (Å²) in [4.78, 5) is 14.7. The molecule has 3 rings (SSSR count). The zero-order chi connectivity index (χ0) is 18.6. The number of piperidine rings is 1. The summed E-state index contributed by atoms with van der Waals surface area (Å²) in [5, 5.41) is 0. The fraction of sp³-hybridized carbons (Fsp3) is 0.611. The van der Waals surface area contributed by atoms with Crippen LogP contribution in [0.15, 0.2) is 23.1 Å². The maximum atomic E-state index is 12.8. The van der Waals surface area contributed by atoms with Crippen molar-refractivity contribution in [2.75, 3.05) is 33.4 Å². The average molecular weight is 382 g/mol. The Morgan fingerprint density at radius 1 is 1.27 bits per heavy atom. The summed E-state index contributed by atoms with van der Waals surface area (Å²) < 4.78 is 38.5. The van der Waals surface area contributed by atoms with Crippen LogP contribution in [-0.4, -0.2) is 58.7 Å². The summed E-state index contributed by atoms with van der Waals surface area (Å²) in [5.74, 6) is 0.205. The molecule has 26 heavy (non-hydrogen) atoms. The summed E-state index contributed by atoms with van der Waals surface area (Å²) in [6.45, 7) is 2.29. The van der Waals surface area contributed by atoms with Crippen molar-refractivity contribution in [1.29, 1.82) is 0 Å². The highest BCUT2D eigenvalue weighted by Crippen LogP contribution is 2.25. The highest BCUT2D eigenvalue weighted by atomic mass is 32.2. The molecule has 7 nitrogen and oxygen atoms in total. The second kappa shape index (κ2) is 8.37. The van der Waals surface area contributed by atoms with Crippen molar-refractivity contribution >= 4 is 15.9 Å². The van der Waals surface area contributed by atoms with Gasteiger partial charge < -0.3 is 14.4 Å². The minimum absolute atomic E-state index is 0.0663.